The molecule has 0 aliphatic heterocycles. The summed E-state index contributed by atoms with van der Waals surface area (Å²) in [5, 5.41) is 9.57. The minimum atomic E-state index is -0.916. The predicted molar refractivity (Wildman–Crippen MR) is 82.4 cm³/mol. The molecule has 6 heteroatoms. The molecule has 0 saturated carbocycles. The topological polar surface area (TPSA) is 70.8 Å². The van der Waals surface area contributed by atoms with Gasteiger partial charge in [-0.05, 0) is 19.1 Å². The summed E-state index contributed by atoms with van der Waals surface area (Å²) in [6.45, 7) is 1.89. The van der Waals surface area contributed by atoms with Gasteiger partial charge in [-0.25, -0.2) is 0 Å². The number of hydrogen-bond acceptors (Lipinski definition) is 4. The lowest BCUT2D eigenvalue weighted by molar-refractivity contribution is -0.133. The Morgan fingerprint density at radius 1 is 1.33 bits per heavy atom. The highest BCUT2D eigenvalue weighted by molar-refractivity contribution is 8.00. The molecule has 1 N–H and O–H groups in total. The van der Waals surface area contributed by atoms with Crippen LogP contribution in [0.1, 0.15) is 18.7 Å². The number of rotatable bonds is 6. The number of hydrogen-bond donors (Lipinski definition) is 1. The van der Waals surface area contributed by atoms with Gasteiger partial charge >= 0.3 is 5.97 Å². The monoisotopic (exact) mass is 307 g/mol. The molecule has 1 atom stereocenters. The number of carbonyl (C=O) groups is 2. The van der Waals surface area contributed by atoms with Gasteiger partial charge in [-0.3, -0.25) is 9.59 Å². The zero-order valence-electron chi connectivity index (χ0n) is 11.9. The number of furan rings is 1. The van der Waals surface area contributed by atoms with Crippen molar-refractivity contribution in [3.05, 3.63) is 36.1 Å². The quantitative estimate of drug-likeness (QED) is 0.888. The Morgan fingerprint density at radius 3 is 2.71 bits per heavy atom. The van der Waals surface area contributed by atoms with Crippen molar-refractivity contribution in [2.75, 3.05) is 18.6 Å². The molecule has 0 saturated heterocycles. The molecular weight excluding hydrogens is 290 g/mol. The number of nitrogens with zero attached hydrogens (tertiary/aromatic N) is 1. The largest absolute Gasteiger partial charge is 0.481 e. The molecule has 2 rings (SSSR count). The zero-order valence-corrected chi connectivity index (χ0v) is 12.7. The Hall–Kier alpha value is -1.95. The second-order valence-electron chi connectivity index (χ2n) is 4.75. The van der Waals surface area contributed by atoms with Gasteiger partial charge in [0.15, 0.2) is 0 Å². The number of fused-ring (bicyclic) bond motifs is 1. The summed E-state index contributed by atoms with van der Waals surface area (Å²) < 4.78 is 5.75. The summed E-state index contributed by atoms with van der Waals surface area (Å²) in [5.41, 5.74) is 0.792. The first-order chi connectivity index (χ1) is 9.99. The molecule has 1 aromatic heterocycles. The Labute approximate surface area is 126 Å². The van der Waals surface area contributed by atoms with Crippen LogP contribution in [0.4, 0.5) is 0 Å². The van der Waals surface area contributed by atoms with Crippen LogP contribution in [-0.4, -0.2) is 40.4 Å². The van der Waals surface area contributed by atoms with Crippen molar-refractivity contribution in [3.8, 4) is 0 Å². The van der Waals surface area contributed by atoms with E-state index < -0.39 is 5.97 Å². The first-order valence-corrected chi connectivity index (χ1v) is 7.68. The van der Waals surface area contributed by atoms with Crippen LogP contribution in [0, 0.1) is 0 Å². The fraction of sp³-hybridized carbons (Fsp3) is 0.333. The summed E-state index contributed by atoms with van der Waals surface area (Å²) in [7, 11) is 1.70. The Morgan fingerprint density at radius 2 is 2.05 bits per heavy atom. The molecule has 1 unspecified atom stereocenters. The van der Waals surface area contributed by atoms with Crippen LogP contribution in [0.5, 0.6) is 0 Å². The SMILES string of the molecule is CC(c1cc2ccccc2o1)N(C)C(=O)CSCC(=O)O. The van der Waals surface area contributed by atoms with Gasteiger partial charge in [-0.15, -0.1) is 11.8 Å². The fourth-order valence-electron chi connectivity index (χ4n) is 1.94. The number of benzene rings is 1. The van der Waals surface area contributed by atoms with Crippen LogP contribution >= 0.6 is 11.8 Å². The van der Waals surface area contributed by atoms with Crippen molar-refractivity contribution in [1.82, 2.24) is 4.90 Å². The van der Waals surface area contributed by atoms with Crippen LogP contribution in [-0.2, 0) is 9.59 Å². The van der Waals surface area contributed by atoms with Crippen LogP contribution in [0.2, 0.25) is 0 Å². The van der Waals surface area contributed by atoms with E-state index in [4.69, 9.17) is 9.52 Å². The number of carboxylic acid groups (broad SMARTS) is 1. The Balaban J connectivity index is 2.02. The molecule has 0 radical (unpaired) electrons. The summed E-state index contributed by atoms with van der Waals surface area (Å²) in [6.07, 6.45) is 0. The van der Waals surface area contributed by atoms with Gasteiger partial charge in [0.1, 0.15) is 11.3 Å². The minimum Gasteiger partial charge on any atom is -0.481 e. The van der Waals surface area contributed by atoms with Gasteiger partial charge in [-0.1, -0.05) is 18.2 Å². The van der Waals surface area contributed by atoms with Gasteiger partial charge in [0.05, 0.1) is 17.5 Å². The van der Waals surface area contributed by atoms with Crippen LogP contribution in [0.3, 0.4) is 0 Å². The van der Waals surface area contributed by atoms with Crippen LogP contribution in [0.25, 0.3) is 11.0 Å². The fourth-order valence-corrected chi connectivity index (χ4v) is 2.60. The molecule has 0 spiro atoms. The number of thioether (sulfide) groups is 1. The lowest BCUT2D eigenvalue weighted by Gasteiger charge is -2.23. The van der Waals surface area contributed by atoms with Crippen molar-refractivity contribution in [1.29, 1.82) is 0 Å². The number of amides is 1. The van der Waals surface area contributed by atoms with Crippen LogP contribution in [0.15, 0.2) is 34.7 Å². The molecule has 21 heavy (non-hydrogen) atoms. The van der Waals surface area contributed by atoms with E-state index in [9.17, 15) is 9.59 Å². The van der Waals surface area contributed by atoms with Crippen molar-refractivity contribution in [2.24, 2.45) is 0 Å². The maximum Gasteiger partial charge on any atom is 0.313 e. The average Bonchev–Trinajstić information content (AvgIpc) is 2.89. The van der Waals surface area contributed by atoms with Crippen molar-refractivity contribution in [3.63, 3.8) is 0 Å². The van der Waals surface area contributed by atoms with Gasteiger partial charge in [0.25, 0.3) is 0 Å². The molecule has 1 amide bonds. The van der Waals surface area contributed by atoms with E-state index in [0.29, 0.717) is 0 Å². The summed E-state index contributed by atoms with van der Waals surface area (Å²) in [5.74, 6) is -0.239. The maximum absolute atomic E-state index is 12.0. The molecule has 5 nitrogen and oxygen atoms in total. The number of para-hydroxylation sites is 1. The molecule has 2 aromatic rings. The van der Waals surface area contributed by atoms with Crippen molar-refractivity contribution >= 4 is 34.6 Å². The molecule has 1 aromatic carbocycles. The third-order valence-corrected chi connectivity index (χ3v) is 4.18. The van der Waals surface area contributed by atoms with E-state index in [2.05, 4.69) is 0 Å². The second kappa shape index (κ2) is 6.67. The first kappa shape index (κ1) is 15.4. The van der Waals surface area contributed by atoms with Crippen molar-refractivity contribution < 1.29 is 19.1 Å². The molecule has 1 heterocycles. The van der Waals surface area contributed by atoms with E-state index in [1.807, 2.05) is 37.3 Å². The van der Waals surface area contributed by atoms with E-state index in [0.717, 1.165) is 28.5 Å². The molecule has 112 valence electrons. The summed E-state index contributed by atoms with van der Waals surface area (Å²) in [4.78, 5) is 24.0. The Bertz CT molecular complexity index is 619. The smallest absolute Gasteiger partial charge is 0.313 e. The minimum absolute atomic E-state index is 0.0708. The number of carboxylic acids is 1. The average molecular weight is 307 g/mol. The molecule has 0 aliphatic carbocycles. The highest BCUT2D eigenvalue weighted by Gasteiger charge is 2.20. The highest BCUT2D eigenvalue weighted by atomic mass is 32.2. The maximum atomic E-state index is 12.0. The number of aliphatic carboxylic acids is 1. The highest BCUT2D eigenvalue weighted by Crippen LogP contribution is 2.26. The van der Waals surface area contributed by atoms with Gasteiger partial charge in [-0.2, -0.15) is 0 Å². The molecule has 0 fully saturated rings. The van der Waals surface area contributed by atoms with Gasteiger partial charge in [0, 0.05) is 12.4 Å². The third kappa shape index (κ3) is 3.78. The normalized spacial score (nSPS) is 12.3. The predicted octanol–water partition coefficient (Wildman–Crippen LogP) is 2.77. The second-order valence-corrected chi connectivity index (χ2v) is 5.74. The van der Waals surface area contributed by atoms with Crippen LogP contribution < -0.4 is 0 Å². The zero-order chi connectivity index (χ0) is 15.4. The van der Waals surface area contributed by atoms with E-state index in [1.54, 1.807) is 11.9 Å². The van der Waals surface area contributed by atoms with E-state index in [1.165, 1.54) is 0 Å². The summed E-state index contributed by atoms with van der Waals surface area (Å²) >= 11 is 1.09. The molecule has 0 bridgehead atoms. The van der Waals surface area contributed by atoms with Crippen molar-refractivity contribution in [2.45, 2.75) is 13.0 Å². The van der Waals surface area contributed by atoms with Gasteiger partial charge < -0.3 is 14.4 Å². The first-order valence-electron chi connectivity index (χ1n) is 6.52. The van der Waals surface area contributed by atoms with E-state index in [-0.39, 0.29) is 23.5 Å². The lowest BCUT2D eigenvalue weighted by atomic mass is 10.2. The van der Waals surface area contributed by atoms with Gasteiger partial charge in [0.2, 0.25) is 5.91 Å². The Kier molecular flexibility index (Phi) is 4.90. The summed E-state index contributed by atoms with van der Waals surface area (Å²) in [6, 6.07) is 9.40. The standard InChI is InChI=1S/C15H17NO4S/c1-10(16(2)14(17)8-21-9-15(18)19)13-7-11-5-3-4-6-12(11)20-13/h3-7,10H,8-9H2,1-2H3,(H,18,19). The molecular formula is C15H17NO4S. The third-order valence-electron chi connectivity index (χ3n) is 3.28. The molecule has 0 aliphatic rings. The van der Waals surface area contributed by atoms with E-state index >= 15 is 0 Å². The number of carbonyl (C=O) groups excluding carboxylic acids is 1. The lowest BCUT2D eigenvalue weighted by Crippen LogP contribution is -2.31.